The van der Waals surface area contributed by atoms with Gasteiger partial charge in [0.1, 0.15) is 17.3 Å². The standard InChI is InChI=1S/C18H23F2N5O2S2/c1-12-21-14(11-28-12)17-23-15(22-13-2-4-18(19,20)5-3-13)10-16(24-17)25-6-8-29(26,27)9-7-25/h10-11,13H,2-9H2,1H3,(H,22,23,24). The van der Waals surface area contributed by atoms with E-state index in [1.807, 2.05) is 17.2 Å². The van der Waals surface area contributed by atoms with Crippen molar-refractivity contribution in [3.8, 4) is 11.5 Å². The Balaban J connectivity index is 1.60. The minimum Gasteiger partial charge on any atom is -0.367 e. The molecule has 1 aliphatic carbocycles. The summed E-state index contributed by atoms with van der Waals surface area (Å²) in [5.74, 6) is -0.787. The van der Waals surface area contributed by atoms with E-state index in [0.29, 0.717) is 49.1 Å². The number of nitrogens with one attached hydrogen (secondary N) is 1. The van der Waals surface area contributed by atoms with E-state index < -0.39 is 15.8 Å². The van der Waals surface area contributed by atoms with Crippen LogP contribution in [0.2, 0.25) is 0 Å². The molecule has 0 radical (unpaired) electrons. The molecule has 1 aliphatic heterocycles. The molecule has 3 heterocycles. The first-order valence-corrected chi connectivity index (χ1v) is 12.3. The number of hydrogen-bond donors (Lipinski definition) is 1. The third-order valence-corrected chi connectivity index (χ3v) is 7.68. The van der Waals surface area contributed by atoms with E-state index in [1.165, 1.54) is 11.3 Å². The second-order valence-corrected chi connectivity index (χ2v) is 11.0. The van der Waals surface area contributed by atoms with Crippen LogP contribution >= 0.6 is 11.3 Å². The molecule has 1 saturated carbocycles. The second kappa shape index (κ2) is 7.75. The molecule has 0 amide bonds. The Hall–Kier alpha value is -1.88. The van der Waals surface area contributed by atoms with E-state index in [-0.39, 0.29) is 30.4 Å². The predicted molar refractivity (Wildman–Crippen MR) is 110 cm³/mol. The summed E-state index contributed by atoms with van der Waals surface area (Å²) in [6, 6.07) is 1.69. The van der Waals surface area contributed by atoms with Gasteiger partial charge in [-0.05, 0) is 19.8 Å². The Morgan fingerprint density at radius 1 is 1.17 bits per heavy atom. The maximum atomic E-state index is 13.5. The summed E-state index contributed by atoms with van der Waals surface area (Å²) in [6.07, 6.45) is 0.480. The number of alkyl halides is 2. The van der Waals surface area contributed by atoms with Gasteiger partial charge in [-0.3, -0.25) is 0 Å². The Morgan fingerprint density at radius 3 is 2.48 bits per heavy atom. The van der Waals surface area contributed by atoms with Crippen LogP contribution in [0.4, 0.5) is 20.4 Å². The van der Waals surface area contributed by atoms with Crippen LogP contribution in [0.5, 0.6) is 0 Å². The number of nitrogens with zero attached hydrogens (tertiary/aromatic N) is 4. The first-order valence-electron chi connectivity index (χ1n) is 9.60. The number of aryl methyl sites for hydroxylation is 1. The average Bonchev–Trinajstić information content (AvgIpc) is 3.10. The minimum absolute atomic E-state index is 0.0795. The zero-order valence-corrected chi connectivity index (χ0v) is 17.7. The maximum absolute atomic E-state index is 13.5. The molecule has 11 heteroatoms. The van der Waals surface area contributed by atoms with Crippen LogP contribution in [0.25, 0.3) is 11.5 Å². The van der Waals surface area contributed by atoms with Gasteiger partial charge in [-0.15, -0.1) is 11.3 Å². The summed E-state index contributed by atoms with van der Waals surface area (Å²) in [7, 11) is -3.01. The first kappa shape index (κ1) is 20.4. The number of rotatable bonds is 4. The van der Waals surface area contributed by atoms with Crippen LogP contribution in [-0.4, -0.2) is 59.9 Å². The highest BCUT2D eigenvalue weighted by molar-refractivity contribution is 7.91. The molecule has 0 bridgehead atoms. The van der Waals surface area contributed by atoms with Crippen molar-refractivity contribution in [3.63, 3.8) is 0 Å². The summed E-state index contributed by atoms with van der Waals surface area (Å²) in [5.41, 5.74) is 0.650. The number of halogens is 2. The Labute approximate surface area is 172 Å². The Kier molecular flexibility index (Phi) is 5.45. The number of thiazole rings is 1. The monoisotopic (exact) mass is 443 g/mol. The molecule has 0 atom stereocenters. The lowest BCUT2D eigenvalue weighted by Crippen LogP contribution is -2.40. The molecule has 29 heavy (non-hydrogen) atoms. The van der Waals surface area contributed by atoms with Crippen molar-refractivity contribution in [2.45, 2.75) is 44.6 Å². The Morgan fingerprint density at radius 2 is 1.86 bits per heavy atom. The molecule has 2 aliphatic rings. The number of hydrogen-bond acceptors (Lipinski definition) is 8. The minimum atomic E-state index is -3.01. The molecule has 1 N–H and O–H groups in total. The van der Waals surface area contributed by atoms with E-state index in [1.54, 1.807) is 6.07 Å². The lowest BCUT2D eigenvalue weighted by atomic mass is 9.92. The molecule has 2 fully saturated rings. The van der Waals surface area contributed by atoms with Crippen molar-refractivity contribution >= 4 is 32.8 Å². The summed E-state index contributed by atoms with van der Waals surface area (Å²) in [5, 5.41) is 6.04. The van der Waals surface area contributed by atoms with Crippen LogP contribution in [0.3, 0.4) is 0 Å². The first-order chi connectivity index (χ1) is 13.7. The van der Waals surface area contributed by atoms with E-state index in [0.717, 1.165) is 5.01 Å². The van der Waals surface area contributed by atoms with Gasteiger partial charge in [0.05, 0.1) is 16.5 Å². The molecular weight excluding hydrogens is 420 g/mol. The topological polar surface area (TPSA) is 88.1 Å². The fourth-order valence-corrected chi connectivity index (χ4v) is 5.38. The fourth-order valence-electron chi connectivity index (χ4n) is 3.59. The molecule has 2 aromatic heterocycles. The van der Waals surface area contributed by atoms with Gasteiger partial charge in [0.15, 0.2) is 15.7 Å². The van der Waals surface area contributed by atoms with Crippen LogP contribution in [0.1, 0.15) is 30.7 Å². The molecular formula is C18H23F2N5O2S2. The quantitative estimate of drug-likeness (QED) is 0.777. The molecule has 4 rings (SSSR count). The molecule has 158 valence electrons. The van der Waals surface area contributed by atoms with Gasteiger partial charge in [0, 0.05) is 43.4 Å². The average molecular weight is 444 g/mol. The molecule has 0 spiro atoms. The van der Waals surface area contributed by atoms with E-state index in [4.69, 9.17) is 0 Å². The lowest BCUT2D eigenvalue weighted by Gasteiger charge is -2.30. The molecule has 2 aromatic rings. The highest BCUT2D eigenvalue weighted by Gasteiger charge is 2.35. The largest absolute Gasteiger partial charge is 0.367 e. The number of sulfone groups is 1. The number of anilines is 2. The Bertz CT molecular complexity index is 972. The fraction of sp³-hybridized carbons (Fsp3) is 0.611. The van der Waals surface area contributed by atoms with E-state index in [9.17, 15) is 17.2 Å². The normalized spacial score (nSPS) is 21.8. The van der Waals surface area contributed by atoms with Gasteiger partial charge in [-0.2, -0.15) is 0 Å². The van der Waals surface area contributed by atoms with Gasteiger partial charge in [0.25, 0.3) is 0 Å². The maximum Gasteiger partial charge on any atom is 0.248 e. The molecule has 7 nitrogen and oxygen atoms in total. The van der Waals surface area contributed by atoms with Crippen LogP contribution in [0, 0.1) is 6.92 Å². The highest BCUT2D eigenvalue weighted by atomic mass is 32.2. The zero-order chi connectivity index (χ0) is 20.6. The van der Waals surface area contributed by atoms with Crippen molar-refractivity contribution in [1.82, 2.24) is 15.0 Å². The predicted octanol–water partition coefficient (Wildman–Crippen LogP) is 3.13. The smallest absolute Gasteiger partial charge is 0.248 e. The zero-order valence-electron chi connectivity index (χ0n) is 16.1. The third kappa shape index (κ3) is 5.00. The summed E-state index contributed by atoms with van der Waals surface area (Å²) in [4.78, 5) is 15.5. The summed E-state index contributed by atoms with van der Waals surface area (Å²) >= 11 is 1.49. The van der Waals surface area contributed by atoms with Crippen molar-refractivity contribution in [3.05, 3.63) is 16.5 Å². The molecule has 0 unspecified atom stereocenters. The van der Waals surface area contributed by atoms with Gasteiger partial charge in [-0.1, -0.05) is 0 Å². The molecule has 0 aromatic carbocycles. The van der Waals surface area contributed by atoms with Crippen molar-refractivity contribution in [2.24, 2.45) is 0 Å². The van der Waals surface area contributed by atoms with Crippen molar-refractivity contribution in [2.75, 3.05) is 34.8 Å². The third-order valence-electron chi connectivity index (χ3n) is 5.30. The number of aromatic nitrogens is 3. The summed E-state index contributed by atoms with van der Waals surface area (Å²) < 4.78 is 50.4. The lowest BCUT2D eigenvalue weighted by molar-refractivity contribution is -0.0361. The van der Waals surface area contributed by atoms with E-state index >= 15 is 0 Å². The van der Waals surface area contributed by atoms with Gasteiger partial charge < -0.3 is 10.2 Å². The molecule has 1 saturated heterocycles. The van der Waals surface area contributed by atoms with Crippen LogP contribution in [0.15, 0.2) is 11.4 Å². The van der Waals surface area contributed by atoms with Crippen LogP contribution in [-0.2, 0) is 9.84 Å². The second-order valence-electron chi connectivity index (χ2n) is 7.60. The van der Waals surface area contributed by atoms with Crippen molar-refractivity contribution < 1.29 is 17.2 Å². The van der Waals surface area contributed by atoms with Gasteiger partial charge in [-0.25, -0.2) is 32.2 Å². The van der Waals surface area contributed by atoms with Crippen LogP contribution < -0.4 is 10.2 Å². The SMILES string of the molecule is Cc1nc(-c2nc(NC3CCC(F)(F)CC3)cc(N3CCS(=O)(=O)CC3)n2)cs1. The van der Waals surface area contributed by atoms with E-state index in [2.05, 4.69) is 20.3 Å². The van der Waals surface area contributed by atoms with Crippen molar-refractivity contribution in [1.29, 1.82) is 0 Å². The van der Waals surface area contributed by atoms with Gasteiger partial charge >= 0.3 is 0 Å². The van der Waals surface area contributed by atoms with Gasteiger partial charge in [0.2, 0.25) is 5.92 Å². The highest BCUT2D eigenvalue weighted by Crippen LogP contribution is 2.34. The summed E-state index contributed by atoms with van der Waals surface area (Å²) in [6.45, 7) is 2.63.